The van der Waals surface area contributed by atoms with E-state index in [9.17, 15) is 12.8 Å². The molecule has 0 unspecified atom stereocenters. The van der Waals surface area contributed by atoms with Crippen molar-refractivity contribution in [3.63, 3.8) is 0 Å². The minimum atomic E-state index is -2.81. The second kappa shape index (κ2) is 13.1. The van der Waals surface area contributed by atoms with Crippen LogP contribution in [0.4, 0.5) is 16.0 Å². The molecule has 3 fully saturated rings. The van der Waals surface area contributed by atoms with Crippen molar-refractivity contribution in [2.45, 2.75) is 63.5 Å². The van der Waals surface area contributed by atoms with Gasteiger partial charge in [-0.15, -0.1) is 0 Å². The number of anilines is 2. The van der Waals surface area contributed by atoms with E-state index in [-0.39, 0.29) is 11.6 Å². The van der Waals surface area contributed by atoms with Crippen molar-refractivity contribution in [2.75, 3.05) is 48.4 Å². The van der Waals surface area contributed by atoms with E-state index in [4.69, 9.17) is 16.3 Å². The van der Waals surface area contributed by atoms with Crippen molar-refractivity contribution in [2.24, 2.45) is 11.8 Å². The van der Waals surface area contributed by atoms with Crippen LogP contribution in [0.3, 0.4) is 0 Å². The SMILES string of the molecule is O=S1(=O)CCC(CN[C@H]2CC[C@H](Nc3cc(-c4ccc(F)c(NCC5CCOCC5)n4)c(Cl)cn3)CC2)CC1. The van der Waals surface area contributed by atoms with Gasteiger partial charge in [0.2, 0.25) is 0 Å². The van der Waals surface area contributed by atoms with Crippen LogP contribution in [0.25, 0.3) is 11.3 Å². The molecule has 0 atom stereocenters. The number of sulfone groups is 1. The van der Waals surface area contributed by atoms with E-state index in [2.05, 4.69) is 25.9 Å². The van der Waals surface area contributed by atoms with Crippen molar-refractivity contribution < 1.29 is 17.5 Å². The van der Waals surface area contributed by atoms with E-state index in [1.54, 1.807) is 12.3 Å². The van der Waals surface area contributed by atoms with Crippen LogP contribution in [-0.4, -0.2) is 68.3 Å². The Hall–Kier alpha value is -2.01. The highest BCUT2D eigenvalue weighted by atomic mass is 35.5. The summed E-state index contributed by atoms with van der Waals surface area (Å²) >= 11 is 6.50. The number of pyridine rings is 2. The minimum absolute atomic E-state index is 0.238. The fraction of sp³-hybridized carbons (Fsp3) is 0.643. The predicted octanol–water partition coefficient (Wildman–Crippen LogP) is 4.91. The third-order valence-corrected chi connectivity index (χ3v) is 10.3. The first kappa shape index (κ1) is 28.5. The van der Waals surface area contributed by atoms with Crippen molar-refractivity contribution >= 4 is 33.1 Å². The lowest BCUT2D eigenvalue weighted by atomic mass is 9.90. The molecule has 1 aliphatic carbocycles. The Labute approximate surface area is 235 Å². The number of hydrogen-bond donors (Lipinski definition) is 3. The van der Waals surface area contributed by atoms with E-state index < -0.39 is 9.84 Å². The molecule has 2 aromatic rings. The third kappa shape index (κ3) is 8.02. The minimum Gasteiger partial charge on any atom is -0.381 e. The van der Waals surface area contributed by atoms with Gasteiger partial charge in [0, 0.05) is 43.6 Å². The maximum atomic E-state index is 14.5. The second-order valence-corrected chi connectivity index (χ2v) is 13.9. The number of ether oxygens (including phenoxy) is 1. The zero-order valence-corrected chi connectivity index (χ0v) is 23.9. The summed E-state index contributed by atoms with van der Waals surface area (Å²) in [6.45, 7) is 3.06. The highest BCUT2D eigenvalue weighted by Crippen LogP contribution is 2.31. The van der Waals surface area contributed by atoms with Crippen LogP contribution in [-0.2, 0) is 14.6 Å². The summed E-state index contributed by atoms with van der Waals surface area (Å²) in [7, 11) is -2.81. The molecule has 0 bridgehead atoms. The van der Waals surface area contributed by atoms with Gasteiger partial charge in [0.1, 0.15) is 15.7 Å². The molecule has 214 valence electrons. The quantitative estimate of drug-likeness (QED) is 0.385. The highest BCUT2D eigenvalue weighted by Gasteiger charge is 2.26. The lowest BCUT2D eigenvalue weighted by Crippen LogP contribution is -2.40. The van der Waals surface area contributed by atoms with Gasteiger partial charge in [-0.1, -0.05) is 11.6 Å². The van der Waals surface area contributed by atoms with Crippen LogP contribution < -0.4 is 16.0 Å². The summed E-state index contributed by atoms with van der Waals surface area (Å²) in [5.41, 5.74) is 1.32. The van der Waals surface area contributed by atoms with Gasteiger partial charge < -0.3 is 20.7 Å². The van der Waals surface area contributed by atoms with Crippen molar-refractivity contribution in [1.29, 1.82) is 0 Å². The lowest BCUT2D eigenvalue weighted by Gasteiger charge is -2.32. The molecule has 0 radical (unpaired) electrons. The molecule has 0 spiro atoms. The number of rotatable bonds is 9. The fourth-order valence-corrected chi connectivity index (χ4v) is 7.54. The molecule has 2 saturated heterocycles. The number of nitrogens with zero attached hydrogens (tertiary/aromatic N) is 2. The Kier molecular flexibility index (Phi) is 9.58. The van der Waals surface area contributed by atoms with Crippen LogP contribution in [0, 0.1) is 17.7 Å². The first-order valence-corrected chi connectivity index (χ1v) is 16.4. The summed E-state index contributed by atoms with van der Waals surface area (Å²) in [6, 6.07) is 5.75. The molecule has 2 aliphatic heterocycles. The van der Waals surface area contributed by atoms with Crippen molar-refractivity contribution in [3.8, 4) is 11.3 Å². The van der Waals surface area contributed by atoms with E-state index in [0.29, 0.717) is 58.2 Å². The van der Waals surface area contributed by atoms with Crippen LogP contribution >= 0.6 is 11.6 Å². The highest BCUT2D eigenvalue weighted by molar-refractivity contribution is 7.91. The number of halogens is 2. The molecular weight excluding hydrogens is 541 g/mol. The fourth-order valence-electron chi connectivity index (χ4n) is 5.75. The van der Waals surface area contributed by atoms with Crippen molar-refractivity contribution in [3.05, 3.63) is 35.2 Å². The van der Waals surface area contributed by atoms with Crippen LogP contribution in [0.15, 0.2) is 24.4 Å². The van der Waals surface area contributed by atoms with Crippen LogP contribution in [0.5, 0.6) is 0 Å². The Balaban J connectivity index is 1.14. The van der Waals surface area contributed by atoms with E-state index in [0.717, 1.165) is 76.9 Å². The van der Waals surface area contributed by atoms with Gasteiger partial charge in [-0.25, -0.2) is 22.8 Å². The summed E-state index contributed by atoms with van der Waals surface area (Å²) in [5, 5.41) is 10.9. The number of hydrogen-bond acceptors (Lipinski definition) is 8. The van der Waals surface area contributed by atoms with Gasteiger partial charge in [0.05, 0.1) is 22.2 Å². The van der Waals surface area contributed by atoms with E-state index in [1.807, 2.05) is 6.07 Å². The Bertz CT molecular complexity index is 1210. The van der Waals surface area contributed by atoms with Gasteiger partial charge in [0.25, 0.3) is 0 Å². The predicted molar refractivity (Wildman–Crippen MR) is 154 cm³/mol. The monoisotopic (exact) mass is 579 g/mol. The topological polar surface area (TPSA) is 105 Å². The van der Waals surface area contributed by atoms with E-state index in [1.165, 1.54) is 6.07 Å². The maximum absolute atomic E-state index is 14.5. The molecule has 11 heteroatoms. The van der Waals surface area contributed by atoms with Gasteiger partial charge >= 0.3 is 0 Å². The molecule has 2 aromatic heterocycles. The van der Waals surface area contributed by atoms with Crippen LogP contribution in [0.2, 0.25) is 5.02 Å². The van der Waals surface area contributed by atoms with E-state index >= 15 is 0 Å². The smallest absolute Gasteiger partial charge is 0.165 e. The molecule has 5 rings (SSSR count). The lowest BCUT2D eigenvalue weighted by molar-refractivity contribution is 0.0699. The molecular formula is C28H39ClFN5O3S. The maximum Gasteiger partial charge on any atom is 0.165 e. The second-order valence-electron chi connectivity index (χ2n) is 11.2. The van der Waals surface area contributed by atoms with Gasteiger partial charge in [-0.05, 0) is 87.9 Å². The summed E-state index contributed by atoms with van der Waals surface area (Å²) < 4.78 is 43.2. The normalized spacial score (nSPS) is 24.4. The van der Waals surface area contributed by atoms with Gasteiger partial charge in [-0.3, -0.25) is 0 Å². The Morgan fingerprint density at radius 1 is 0.949 bits per heavy atom. The standard InChI is InChI=1S/C28H39ClFN5O3S/c29-24-18-32-27(34-22-3-1-21(2-4-22)31-16-20-9-13-39(36,37)14-10-20)15-23(24)26-6-5-25(30)28(35-26)33-17-19-7-11-38-12-8-19/h5-6,15,18-22,31H,1-4,7-14,16-17H2,(H,32,34)(H,33,35)/t21-,22-. The molecule has 0 aromatic carbocycles. The molecule has 3 N–H and O–H groups in total. The molecule has 0 amide bonds. The van der Waals surface area contributed by atoms with Crippen LogP contribution in [0.1, 0.15) is 51.4 Å². The number of aromatic nitrogens is 2. The van der Waals surface area contributed by atoms with Gasteiger partial charge in [-0.2, -0.15) is 0 Å². The Morgan fingerprint density at radius 3 is 2.38 bits per heavy atom. The molecule has 3 aliphatic rings. The zero-order chi connectivity index (χ0) is 27.2. The van der Waals surface area contributed by atoms with Crippen molar-refractivity contribution in [1.82, 2.24) is 15.3 Å². The first-order valence-electron chi connectivity index (χ1n) is 14.2. The molecule has 4 heterocycles. The zero-order valence-electron chi connectivity index (χ0n) is 22.3. The molecule has 39 heavy (non-hydrogen) atoms. The first-order chi connectivity index (χ1) is 18.8. The largest absolute Gasteiger partial charge is 0.381 e. The third-order valence-electron chi connectivity index (χ3n) is 8.32. The molecule has 8 nitrogen and oxygen atoms in total. The average molecular weight is 580 g/mol. The number of nitrogens with one attached hydrogen (secondary N) is 3. The summed E-state index contributed by atoms with van der Waals surface area (Å²) in [4.78, 5) is 9.04. The summed E-state index contributed by atoms with van der Waals surface area (Å²) in [5.74, 6) is 2.15. The Morgan fingerprint density at radius 2 is 1.64 bits per heavy atom. The van der Waals surface area contributed by atoms with Gasteiger partial charge in [0.15, 0.2) is 11.6 Å². The average Bonchev–Trinajstić information content (AvgIpc) is 2.94. The summed E-state index contributed by atoms with van der Waals surface area (Å²) in [6.07, 6.45) is 9.25. The molecule has 1 saturated carbocycles.